The highest BCUT2D eigenvalue weighted by molar-refractivity contribution is 6.07. The molecule has 4 aromatic rings. The van der Waals surface area contributed by atoms with Crippen molar-refractivity contribution in [3.05, 3.63) is 131 Å². The molecule has 0 spiro atoms. The Morgan fingerprint density at radius 3 is 1.52 bits per heavy atom. The van der Waals surface area contributed by atoms with Gasteiger partial charge in [0.25, 0.3) is 0 Å². The standard InChI is InChI=1S/C23H28O4.C21H22O4/c1-6-23(4,5)19-13-17(22(14-21(19)26)27-15(2)3)9-12-20(25)16-7-10-18(24)11-8-16;1-4-5-16-12-17(21(13-20(16)24)25-14(2)3)8-11-19(23)15-6-9-18(22)10-7-15/h7-15,24,26H,6H2,1-5H3;4,6-14,22,24H,1,5H2,2-3H3. The fraction of sp³-hybridized carbons (Fsp3) is 0.273. The second-order valence-corrected chi connectivity index (χ2v) is 13.5. The molecule has 0 aliphatic heterocycles. The van der Waals surface area contributed by atoms with Crippen molar-refractivity contribution in [2.45, 2.75) is 78.9 Å². The molecule has 52 heavy (non-hydrogen) atoms. The second-order valence-electron chi connectivity index (χ2n) is 13.5. The smallest absolute Gasteiger partial charge is 0.185 e. The van der Waals surface area contributed by atoms with Crippen LogP contribution in [-0.4, -0.2) is 44.2 Å². The molecule has 274 valence electrons. The number of ketones is 2. The third kappa shape index (κ3) is 11.7. The van der Waals surface area contributed by atoms with Gasteiger partial charge in [0.05, 0.1) is 12.2 Å². The summed E-state index contributed by atoms with van der Waals surface area (Å²) in [5.41, 5.74) is 3.74. The zero-order valence-electron chi connectivity index (χ0n) is 31.0. The Balaban J connectivity index is 0.000000281. The fourth-order valence-electron chi connectivity index (χ4n) is 5.02. The zero-order valence-corrected chi connectivity index (χ0v) is 31.0. The summed E-state index contributed by atoms with van der Waals surface area (Å²) in [4.78, 5) is 24.7. The Hall–Kier alpha value is -5.76. The average molecular weight is 707 g/mol. The maximum Gasteiger partial charge on any atom is 0.185 e. The maximum absolute atomic E-state index is 12.4. The Morgan fingerprint density at radius 1 is 0.692 bits per heavy atom. The van der Waals surface area contributed by atoms with Gasteiger partial charge in [-0.25, -0.2) is 0 Å². The lowest BCUT2D eigenvalue weighted by Crippen LogP contribution is -2.16. The summed E-state index contributed by atoms with van der Waals surface area (Å²) in [6.07, 6.45) is 9.26. The Labute approximate surface area is 307 Å². The molecule has 4 N–H and O–H groups in total. The molecule has 0 fully saturated rings. The van der Waals surface area contributed by atoms with E-state index in [1.165, 1.54) is 36.4 Å². The molecule has 0 aliphatic carbocycles. The van der Waals surface area contributed by atoms with Crippen molar-refractivity contribution in [1.29, 1.82) is 0 Å². The molecular formula is C44H50O8. The van der Waals surface area contributed by atoms with Gasteiger partial charge in [-0.1, -0.05) is 26.8 Å². The van der Waals surface area contributed by atoms with Gasteiger partial charge in [0.15, 0.2) is 11.6 Å². The van der Waals surface area contributed by atoms with Crippen LogP contribution in [0.1, 0.15) is 97.9 Å². The number of phenols is 4. The van der Waals surface area contributed by atoms with E-state index in [2.05, 4.69) is 27.4 Å². The van der Waals surface area contributed by atoms with Crippen LogP contribution in [0.4, 0.5) is 0 Å². The number of aromatic hydroxyl groups is 4. The van der Waals surface area contributed by atoms with Gasteiger partial charge in [-0.15, -0.1) is 6.58 Å². The third-order valence-electron chi connectivity index (χ3n) is 8.17. The number of ether oxygens (including phenoxy) is 2. The average Bonchev–Trinajstić information content (AvgIpc) is 3.08. The van der Waals surface area contributed by atoms with E-state index in [1.807, 2.05) is 33.8 Å². The molecule has 0 heterocycles. The molecule has 0 aromatic heterocycles. The SMILES string of the molecule is C=CCc1cc(C=CC(=O)c2ccc(O)cc2)c(OC(C)C)cc1O.CCC(C)(C)c1cc(C=CC(=O)c2ccc(O)cc2)c(OC(C)C)cc1O. The van der Waals surface area contributed by atoms with Gasteiger partial charge in [-0.05, 0) is 136 Å². The first kappa shape index (κ1) is 40.7. The van der Waals surface area contributed by atoms with Gasteiger partial charge < -0.3 is 29.9 Å². The van der Waals surface area contributed by atoms with E-state index >= 15 is 0 Å². The summed E-state index contributed by atoms with van der Waals surface area (Å²) < 4.78 is 11.6. The van der Waals surface area contributed by atoms with Crippen molar-refractivity contribution in [3.63, 3.8) is 0 Å². The number of carbonyl (C=O) groups excluding carboxylic acids is 2. The normalized spacial score (nSPS) is 11.5. The summed E-state index contributed by atoms with van der Waals surface area (Å²) in [5.74, 6) is 1.25. The van der Waals surface area contributed by atoms with Gasteiger partial charge in [0.1, 0.15) is 34.5 Å². The molecular weight excluding hydrogens is 656 g/mol. The molecule has 0 saturated carbocycles. The molecule has 4 aromatic carbocycles. The molecule has 8 nitrogen and oxygen atoms in total. The van der Waals surface area contributed by atoms with Crippen LogP contribution in [0.2, 0.25) is 0 Å². The Bertz CT molecular complexity index is 1900. The van der Waals surface area contributed by atoms with E-state index in [-0.39, 0.29) is 52.2 Å². The molecule has 0 unspecified atom stereocenters. The number of allylic oxidation sites excluding steroid dienone is 3. The van der Waals surface area contributed by atoms with Crippen LogP contribution in [0.25, 0.3) is 12.2 Å². The Morgan fingerprint density at radius 2 is 1.12 bits per heavy atom. The molecule has 0 bridgehead atoms. The van der Waals surface area contributed by atoms with Crippen molar-refractivity contribution >= 4 is 23.7 Å². The fourth-order valence-corrected chi connectivity index (χ4v) is 5.02. The molecule has 4 rings (SSSR count). The van der Waals surface area contributed by atoms with Crippen LogP contribution in [0.5, 0.6) is 34.5 Å². The summed E-state index contributed by atoms with van der Waals surface area (Å²) in [6, 6.07) is 19.0. The number of hydrogen-bond acceptors (Lipinski definition) is 8. The molecule has 0 aliphatic rings. The van der Waals surface area contributed by atoms with Crippen molar-refractivity contribution in [2.24, 2.45) is 0 Å². The summed E-state index contributed by atoms with van der Waals surface area (Å²) in [6.45, 7) is 17.5. The van der Waals surface area contributed by atoms with E-state index in [0.717, 1.165) is 17.5 Å². The van der Waals surface area contributed by atoms with Gasteiger partial charge in [0.2, 0.25) is 0 Å². The van der Waals surface area contributed by atoms with Gasteiger partial charge >= 0.3 is 0 Å². The predicted octanol–water partition coefficient (Wildman–Crippen LogP) is 9.98. The first-order valence-electron chi connectivity index (χ1n) is 17.2. The highest BCUT2D eigenvalue weighted by atomic mass is 16.5. The van der Waals surface area contributed by atoms with Gasteiger partial charge in [0, 0.05) is 39.9 Å². The van der Waals surface area contributed by atoms with Crippen LogP contribution in [0.3, 0.4) is 0 Å². The predicted molar refractivity (Wildman–Crippen MR) is 208 cm³/mol. The first-order chi connectivity index (χ1) is 24.5. The van der Waals surface area contributed by atoms with E-state index in [9.17, 15) is 30.0 Å². The number of phenolic OH excluding ortho intramolecular Hbond substituents is 4. The van der Waals surface area contributed by atoms with Crippen LogP contribution in [0, 0.1) is 0 Å². The summed E-state index contributed by atoms with van der Waals surface area (Å²) in [5, 5.41) is 39.2. The topological polar surface area (TPSA) is 134 Å². The van der Waals surface area contributed by atoms with Gasteiger partial charge in [-0.3, -0.25) is 9.59 Å². The summed E-state index contributed by atoms with van der Waals surface area (Å²) >= 11 is 0. The number of hydrogen-bond donors (Lipinski definition) is 4. The highest BCUT2D eigenvalue weighted by Crippen LogP contribution is 2.39. The minimum absolute atomic E-state index is 0.0608. The van der Waals surface area contributed by atoms with Crippen molar-refractivity contribution in [2.75, 3.05) is 0 Å². The lowest BCUT2D eigenvalue weighted by molar-refractivity contribution is 0.103. The molecule has 0 saturated heterocycles. The van der Waals surface area contributed by atoms with Crippen LogP contribution in [-0.2, 0) is 11.8 Å². The van der Waals surface area contributed by atoms with Crippen LogP contribution < -0.4 is 9.47 Å². The minimum atomic E-state index is -0.204. The van der Waals surface area contributed by atoms with Crippen molar-refractivity contribution in [1.82, 2.24) is 0 Å². The van der Waals surface area contributed by atoms with Crippen molar-refractivity contribution < 1.29 is 39.5 Å². The Kier molecular flexibility index (Phi) is 14.4. The summed E-state index contributed by atoms with van der Waals surface area (Å²) in [7, 11) is 0. The van der Waals surface area contributed by atoms with Crippen LogP contribution in [0.15, 0.2) is 97.6 Å². The second kappa shape index (κ2) is 18.5. The largest absolute Gasteiger partial charge is 0.508 e. The third-order valence-corrected chi connectivity index (χ3v) is 8.17. The lowest BCUT2D eigenvalue weighted by Gasteiger charge is -2.26. The van der Waals surface area contributed by atoms with E-state index in [4.69, 9.17) is 9.47 Å². The maximum atomic E-state index is 12.4. The van der Waals surface area contributed by atoms with E-state index < -0.39 is 0 Å². The van der Waals surface area contributed by atoms with Gasteiger partial charge in [-0.2, -0.15) is 0 Å². The molecule has 0 amide bonds. The first-order valence-corrected chi connectivity index (χ1v) is 17.2. The quantitative estimate of drug-likeness (QED) is 0.0579. The molecule has 8 heteroatoms. The van der Waals surface area contributed by atoms with Crippen LogP contribution >= 0.6 is 0 Å². The number of benzene rings is 4. The number of rotatable bonds is 14. The monoisotopic (exact) mass is 706 g/mol. The molecule has 0 atom stereocenters. The molecule has 0 radical (unpaired) electrons. The van der Waals surface area contributed by atoms with E-state index in [1.54, 1.807) is 60.7 Å². The minimum Gasteiger partial charge on any atom is -0.508 e. The number of carbonyl (C=O) groups is 2. The lowest BCUT2D eigenvalue weighted by atomic mass is 9.81. The zero-order chi connectivity index (χ0) is 38.6. The van der Waals surface area contributed by atoms with E-state index in [0.29, 0.717) is 40.2 Å². The van der Waals surface area contributed by atoms with Crippen molar-refractivity contribution in [3.8, 4) is 34.5 Å². The highest BCUT2D eigenvalue weighted by Gasteiger charge is 2.24.